The largest absolute Gasteiger partial charge is 0.508 e. The van der Waals surface area contributed by atoms with Crippen LogP contribution in [0.3, 0.4) is 0 Å². The molecule has 0 bridgehead atoms. The lowest BCUT2D eigenvalue weighted by Gasteiger charge is -2.07. The molecule has 0 saturated carbocycles. The second-order valence-electron chi connectivity index (χ2n) is 4.31. The highest BCUT2D eigenvalue weighted by atomic mass is 19.1. The first-order valence-electron chi connectivity index (χ1n) is 6.09. The van der Waals surface area contributed by atoms with Crippen LogP contribution < -0.4 is 0 Å². The molecule has 2 rings (SSSR count). The minimum atomic E-state index is -0.716. The molecule has 0 spiro atoms. The molecule has 0 atom stereocenters. The number of carbonyl (C=O) groups excluding carboxylic acids is 1. The maximum absolute atomic E-state index is 12.8. The van der Waals surface area contributed by atoms with Crippen molar-refractivity contribution in [2.45, 2.75) is 0 Å². The molecule has 5 heteroatoms. The van der Waals surface area contributed by atoms with E-state index in [9.17, 15) is 19.4 Å². The quantitative estimate of drug-likeness (QED) is 0.672. The zero-order valence-electron chi connectivity index (χ0n) is 11.2. The van der Waals surface area contributed by atoms with Gasteiger partial charge in [-0.25, -0.2) is 9.18 Å². The van der Waals surface area contributed by atoms with Crippen molar-refractivity contribution in [3.63, 3.8) is 0 Å². The van der Waals surface area contributed by atoms with Gasteiger partial charge in [-0.05, 0) is 29.3 Å². The van der Waals surface area contributed by atoms with Gasteiger partial charge in [0.05, 0.1) is 7.11 Å². The van der Waals surface area contributed by atoms with Gasteiger partial charge in [-0.2, -0.15) is 0 Å². The Morgan fingerprint density at radius 1 is 1.14 bits per heavy atom. The lowest BCUT2D eigenvalue weighted by atomic mass is 10.0. The smallest absolute Gasteiger partial charge is 0.342 e. The third-order valence-electron chi connectivity index (χ3n) is 2.85. The zero-order valence-corrected chi connectivity index (χ0v) is 11.2. The van der Waals surface area contributed by atoms with Gasteiger partial charge in [-0.15, -0.1) is 0 Å². The summed E-state index contributed by atoms with van der Waals surface area (Å²) in [6.07, 6.45) is 3.15. The molecule has 0 aromatic heterocycles. The molecule has 2 aromatic rings. The maximum atomic E-state index is 12.8. The summed E-state index contributed by atoms with van der Waals surface area (Å²) in [5.74, 6) is -1.62. The van der Waals surface area contributed by atoms with E-state index in [1.165, 1.54) is 31.4 Å². The van der Waals surface area contributed by atoms with Gasteiger partial charge >= 0.3 is 5.97 Å². The van der Waals surface area contributed by atoms with Crippen LogP contribution in [0.25, 0.3) is 12.2 Å². The first kappa shape index (κ1) is 14.6. The van der Waals surface area contributed by atoms with Crippen LogP contribution in [-0.2, 0) is 4.74 Å². The van der Waals surface area contributed by atoms with E-state index in [1.54, 1.807) is 18.2 Å². The van der Waals surface area contributed by atoms with E-state index >= 15 is 0 Å². The maximum Gasteiger partial charge on any atom is 0.342 e. The Morgan fingerprint density at radius 3 is 2.43 bits per heavy atom. The fourth-order valence-electron chi connectivity index (χ4n) is 1.85. The van der Waals surface area contributed by atoms with E-state index in [-0.39, 0.29) is 22.9 Å². The molecule has 0 aliphatic carbocycles. The molecule has 2 N–H and O–H groups in total. The number of esters is 1. The fourth-order valence-corrected chi connectivity index (χ4v) is 1.85. The van der Waals surface area contributed by atoms with Crippen molar-refractivity contribution < 1.29 is 24.1 Å². The van der Waals surface area contributed by atoms with E-state index in [2.05, 4.69) is 4.74 Å². The van der Waals surface area contributed by atoms with Gasteiger partial charge in [0.25, 0.3) is 0 Å². The number of phenolic OH excluding ortho intramolecular Hbond substituents is 2. The standard InChI is InChI=1S/C16H13FO4/c1-21-16(20)15-11(8-13(18)9-14(15)19)5-2-10-3-6-12(17)7-4-10/h2-9,18-19H,1H3/b5-2+. The van der Waals surface area contributed by atoms with Crippen LogP contribution in [0, 0.1) is 5.82 Å². The highest BCUT2D eigenvalue weighted by Gasteiger charge is 2.16. The van der Waals surface area contributed by atoms with Gasteiger partial charge in [0, 0.05) is 6.07 Å². The number of halogens is 1. The van der Waals surface area contributed by atoms with Crippen LogP contribution in [-0.4, -0.2) is 23.3 Å². The third kappa shape index (κ3) is 3.39. The molecular weight excluding hydrogens is 275 g/mol. The molecule has 0 amide bonds. The van der Waals surface area contributed by atoms with E-state index < -0.39 is 5.97 Å². The minimum absolute atomic E-state index is 0.0475. The van der Waals surface area contributed by atoms with Gasteiger partial charge in [0.2, 0.25) is 0 Å². The molecule has 21 heavy (non-hydrogen) atoms. The van der Waals surface area contributed by atoms with Crippen molar-refractivity contribution in [3.05, 3.63) is 58.9 Å². The number of aromatic hydroxyl groups is 2. The Hall–Kier alpha value is -2.82. The third-order valence-corrected chi connectivity index (χ3v) is 2.85. The monoisotopic (exact) mass is 288 g/mol. The average molecular weight is 288 g/mol. The predicted octanol–water partition coefficient (Wildman–Crippen LogP) is 3.19. The van der Waals surface area contributed by atoms with E-state index in [0.29, 0.717) is 11.1 Å². The van der Waals surface area contributed by atoms with Crippen molar-refractivity contribution in [1.29, 1.82) is 0 Å². The molecule has 0 aliphatic rings. The van der Waals surface area contributed by atoms with Gasteiger partial charge in [-0.1, -0.05) is 24.3 Å². The van der Waals surface area contributed by atoms with Gasteiger partial charge < -0.3 is 14.9 Å². The molecule has 0 radical (unpaired) electrons. The van der Waals surface area contributed by atoms with E-state index in [4.69, 9.17) is 0 Å². The molecule has 0 fully saturated rings. The summed E-state index contributed by atoms with van der Waals surface area (Å²) in [6, 6.07) is 8.12. The highest BCUT2D eigenvalue weighted by Crippen LogP contribution is 2.29. The fraction of sp³-hybridized carbons (Fsp3) is 0.0625. The number of phenols is 2. The van der Waals surface area contributed by atoms with Crippen LogP contribution >= 0.6 is 0 Å². The summed E-state index contributed by atoms with van der Waals surface area (Å²) in [6.45, 7) is 0. The Balaban J connectivity index is 2.43. The Morgan fingerprint density at radius 2 is 1.81 bits per heavy atom. The number of methoxy groups -OCH3 is 1. The Labute approximate surface area is 120 Å². The minimum Gasteiger partial charge on any atom is -0.508 e. The summed E-state index contributed by atoms with van der Waals surface area (Å²) in [7, 11) is 1.20. The number of hydrogen-bond acceptors (Lipinski definition) is 4. The van der Waals surface area contributed by atoms with Crippen LogP contribution in [0.15, 0.2) is 36.4 Å². The van der Waals surface area contributed by atoms with Gasteiger partial charge in [0.1, 0.15) is 22.9 Å². The SMILES string of the molecule is COC(=O)c1c(O)cc(O)cc1/C=C/c1ccc(F)cc1. The molecular formula is C16H13FO4. The van der Waals surface area contributed by atoms with Crippen molar-refractivity contribution in [2.75, 3.05) is 7.11 Å². The van der Waals surface area contributed by atoms with Gasteiger partial charge in [-0.3, -0.25) is 0 Å². The summed E-state index contributed by atoms with van der Waals surface area (Å²) in [5.41, 5.74) is 0.951. The van der Waals surface area contributed by atoms with Crippen molar-refractivity contribution in [3.8, 4) is 11.5 Å². The molecule has 0 aliphatic heterocycles. The topological polar surface area (TPSA) is 66.8 Å². The van der Waals surface area contributed by atoms with Crippen LogP contribution in [0.2, 0.25) is 0 Å². The number of carbonyl (C=O) groups is 1. The summed E-state index contributed by atoms with van der Waals surface area (Å²) >= 11 is 0. The number of rotatable bonds is 3. The van der Waals surface area contributed by atoms with Crippen molar-refractivity contribution >= 4 is 18.1 Å². The second kappa shape index (κ2) is 6.09. The van der Waals surface area contributed by atoms with Crippen molar-refractivity contribution in [1.82, 2.24) is 0 Å². The summed E-state index contributed by atoms with van der Waals surface area (Å²) in [5, 5.41) is 19.3. The Bertz CT molecular complexity index is 690. The average Bonchev–Trinajstić information content (AvgIpc) is 2.45. The molecule has 2 aromatic carbocycles. The van der Waals surface area contributed by atoms with Crippen LogP contribution in [0.5, 0.6) is 11.5 Å². The van der Waals surface area contributed by atoms with Crippen LogP contribution in [0.1, 0.15) is 21.5 Å². The first-order chi connectivity index (χ1) is 10.0. The molecule has 0 heterocycles. The lowest BCUT2D eigenvalue weighted by molar-refractivity contribution is 0.0597. The second-order valence-corrected chi connectivity index (χ2v) is 4.31. The van der Waals surface area contributed by atoms with Gasteiger partial charge in [0.15, 0.2) is 0 Å². The van der Waals surface area contributed by atoms with E-state index in [1.807, 2.05) is 0 Å². The van der Waals surface area contributed by atoms with E-state index in [0.717, 1.165) is 6.07 Å². The first-order valence-corrected chi connectivity index (χ1v) is 6.09. The zero-order chi connectivity index (χ0) is 15.4. The Kier molecular flexibility index (Phi) is 4.23. The predicted molar refractivity (Wildman–Crippen MR) is 76.4 cm³/mol. The molecule has 0 unspecified atom stereocenters. The lowest BCUT2D eigenvalue weighted by Crippen LogP contribution is -2.04. The summed E-state index contributed by atoms with van der Waals surface area (Å²) in [4.78, 5) is 11.7. The van der Waals surface area contributed by atoms with Crippen molar-refractivity contribution in [2.24, 2.45) is 0 Å². The highest BCUT2D eigenvalue weighted by molar-refractivity contribution is 5.97. The molecule has 4 nitrogen and oxygen atoms in total. The number of ether oxygens (including phenoxy) is 1. The number of hydrogen-bond donors (Lipinski definition) is 2. The molecule has 0 saturated heterocycles. The summed E-state index contributed by atoms with van der Waals surface area (Å²) < 4.78 is 17.4. The van der Waals surface area contributed by atoms with Crippen LogP contribution in [0.4, 0.5) is 4.39 Å². The molecule has 108 valence electrons. The normalized spacial score (nSPS) is 10.8. The number of benzene rings is 2.